The minimum absolute atomic E-state index is 0.575. The number of piperidine rings is 2. The predicted molar refractivity (Wildman–Crippen MR) is 104 cm³/mol. The van der Waals surface area contributed by atoms with Crippen LogP contribution in [0.4, 0.5) is 0 Å². The van der Waals surface area contributed by atoms with Gasteiger partial charge in [-0.05, 0) is 58.0 Å². The van der Waals surface area contributed by atoms with E-state index in [0.717, 1.165) is 31.5 Å². The fourth-order valence-corrected chi connectivity index (χ4v) is 3.92. The number of likely N-dealkylation sites (tertiary alicyclic amines) is 2. The number of rotatable bonds is 7. The third-order valence-electron chi connectivity index (χ3n) is 5.24. The summed E-state index contributed by atoms with van der Waals surface area (Å²) in [7, 11) is 0. The molecule has 140 valence electrons. The van der Waals surface area contributed by atoms with Crippen LogP contribution in [0.3, 0.4) is 0 Å². The summed E-state index contributed by atoms with van der Waals surface area (Å²) in [5.74, 6) is 1.86. The van der Waals surface area contributed by atoms with Crippen molar-refractivity contribution in [2.24, 2.45) is 10.9 Å². The normalized spacial score (nSPS) is 25.0. The van der Waals surface area contributed by atoms with Crippen LogP contribution in [0, 0.1) is 5.92 Å². The van der Waals surface area contributed by atoms with Crippen LogP contribution >= 0.6 is 0 Å². The molecule has 1 atom stereocenters. The lowest BCUT2D eigenvalue weighted by Crippen LogP contribution is -2.49. The Kier molecular flexibility index (Phi) is 8.89. The summed E-state index contributed by atoms with van der Waals surface area (Å²) < 4.78 is 0. The van der Waals surface area contributed by atoms with Crippen LogP contribution in [0.5, 0.6) is 0 Å². The Morgan fingerprint density at radius 1 is 1.04 bits per heavy atom. The first-order chi connectivity index (χ1) is 11.7. The van der Waals surface area contributed by atoms with Crippen molar-refractivity contribution < 1.29 is 0 Å². The maximum Gasteiger partial charge on any atom is 0.191 e. The first-order valence-electron chi connectivity index (χ1n) is 10.2. The van der Waals surface area contributed by atoms with Crippen LogP contribution in [-0.2, 0) is 0 Å². The molecular weight excluding hydrogens is 298 g/mol. The molecule has 2 saturated heterocycles. The Morgan fingerprint density at radius 3 is 2.50 bits per heavy atom. The zero-order valence-electron chi connectivity index (χ0n) is 16.2. The van der Waals surface area contributed by atoms with E-state index in [4.69, 9.17) is 4.99 Å². The van der Waals surface area contributed by atoms with E-state index < -0.39 is 0 Å². The highest BCUT2D eigenvalue weighted by molar-refractivity contribution is 5.80. The second kappa shape index (κ2) is 10.9. The van der Waals surface area contributed by atoms with Gasteiger partial charge >= 0.3 is 0 Å². The fourth-order valence-electron chi connectivity index (χ4n) is 3.92. The molecule has 2 rings (SSSR count). The molecule has 0 spiro atoms. The monoisotopic (exact) mass is 337 g/mol. The van der Waals surface area contributed by atoms with Crippen LogP contribution in [-0.4, -0.2) is 74.2 Å². The Labute approximate surface area is 149 Å². The van der Waals surface area contributed by atoms with E-state index in [1.165, 1.54) is 64.8 Å². The molecule has 5 heteroatoms. The van der Waals surface area contributed by atoms with Crippen molar-refractivity contribution in [2.45, 2.75) is 58.9 Å². The summed E-state index contributed by atoms with van der Waals surface area (Å²) in [5.41, 5.74) is 0. The second-order valence-electron chi connectivity index (χ2n) is 7.57. The van der Waals surface area contributed by atoms with Gasteiger partial charge in [0.1, 0.15) is 0 Å². The standard InChI is InChI=1S/C19H39N5/c1-4-11-23-13-8-18(9-14-23)22-19(20-5-2)21-10-15-24-12-6-7-17(3)16-24/h17-18H,4-16H2,1-3H3,(H2,20,21,22). The highest BCUT2D eigenvalue weighted by Gasteiger charge is 2.19. The highest BCUT2D eigenvalue weighted by atomic mass is 15.2. The lowest BCUT2D eigenvalue weighted by atomic mass is 10.0. The molecule has 0 aliphatic carbocycles. The highest BCUT2D eigenvalue weighted by Crippen LogP contribution is 2.14. The molecule has 0 bridgehead atoms. The van der Waals surface area contributed by atoms with E-state index >= 15 is 0 Å². The van der Waals surface area contributed by atoms with Crippen molar-refractivity contribution in [1.82, 2.24) is 20.4 Å². The van der Waals surface area contributed by atoms with Crippen molar-refractivity contribution >= 4 is 5.96 Å². The number of guanidine groups is 1. The van der Waals surface area contributed by atoms with Gasteiger partial charge < -0.3 is 20.4 Å². The number of hydrogen-bond acceptors (Lipinski definition) is 3. The van der Waals surface area contributed by atoms with Crippen LogP contribution in [0.1, 0.15) is 52.9 Å². The topological polar surface area (TPSA) is 42.9 Å². The Morgan fingerprint density at radius 2 is 1.83 bits per heavy atom. The van der Waals surface area contributed by atoms with Crippen LogP contribution in [0.2, 0.25) is 0 Å². The summed E-state index contributed by atoms with van der Waals surface area (Å²) in [6.45, 7) is 15.9. The zero-order chi connectivity index (χ0) is 17.2. The summed E-state index contributed by atoms with van der Waals surface area (Å²) in [6, 6.07) is 0.575. The average molecular weight is 338 g/mol. The average Bonchev–Trinajstić information content (AvgIpc) is 2.57. The second-order valence-corrected chi connectivity index (χ2v) is 7.57. The van der Waals surface area contributed by atoms with Gasteiger partial charge in [0.2, 0.25) is 0 Å². The van der Waals surface area contributed by atoms with Gasteiger partial charge in [0, 0.05) is 38.8 Å². The summed E-state index contributed by atoms with van der Waals surface area (Å²) >= 11 is 0. The van der Waals surface area contributed by atoms with E-state index in [1.807, 2.05) is 0 Å². The molecule has 0 radical (unpaired) electrons. The number of nitrogens with one attached hydrogen (secondary N) is 2. The van der Waals surface area contributed by atoms with Gasteiger partial charge in [-0.25, -0.2) is 0 Å². The minimum atomic E-state index is 0.575. The molecule has 2 heterocycles. The SMILES string of the molecule is CCCN1CCC(NC(=NCCN2CCCC(C)C2)NCC)CC1. The van der Waals surface area contributed by atoms with Crippen LogP contribution in [0.25, 0.3) is 0 Å². The van der Waals surface area contributed by atoms with Gasteiger partial charge in [-0.1, -0.05) is 13.8 Å². The first-order valence-corrected chi connectivity index (χ1v) is 10.2. The molecular formula is C19H39N5. The van der Waals surface area contributed by atoms with Gasteiger partial charge in [-0.3, -0.25) is 4.99 Å². The maximum absolute atomic E-state index is 4.82. The van der Waals surface area contributed by atoms with Crippen LogP contribution in [0.15, 0.2) is 4.99 Å². The predicted octanol–water partition coefficient (Wildman–Crippen LogP) is 2.15. The van der Waals surface area contributed by atoms with E-state index in [0.29, 0.717) is 6.04 Å². The van der Waals surface area contributed by atoms with Gasteiger partial charge in [-0.2, -0.15) is 0 Å². The van der Waals surface area contributed by atoms with Gasteiger partial charge in [0.05, 0.1) is 6.54 Å². The molecule has 2 fully saturated rings. The molecule has 2 N–H and O–H groups in total. The van der Waals surface area contributed by atoms with Gasteiger partial charge in [-0.15, -0.1) is 0 Å². The van der Waals surface area contributed by atoms with Gasteiger partial charge in [0.15, 0.2) is 5.96 Å². The summed E-state index contributed by atoms with van der Waals surface area (Å²) in [5, 5.41) is 7.08. The molecule has 24 heavy (non-hydrogen) atoms. The van der Waals surface area contributed by atoms with Crippen molar-refractivity contribution in [2.75, 3.05) is 52.4 Å². The quantitative estimate of drug-likeness (QED) is 0.552. The lowest BCUT2D eigenvalue weighted by molar-refractivity contribution is 0.188. The first kappa shape index (κ1) is 19.5. The minimum Gasteiger partial charge on any atom is -0.357 e. The largest absolute Gasteiger partial charge is 0.357 e. The van der Waals surface area contributed by atoms with Crippen molar-refractivity contribution in [3.05, 3.63) is 0 Å². The third-order valence-corrected chi connectivity index (χ3v) is 5.24. The third kappa shape index (κ3) is 6.98. The van der Waals surface area contributed by atoms with E-state index in [2.05, 4.69) is 41.2 Å². The molecule has 2 aliphatic rings. The van der Waals surface area contributed by atoms with E-state index in [1.54, 1.807) is 0 Å². The Hall–Kier alpha value is -0.810. The molecule has 0 saturated carbocycles. The van der Waals surface area contributed by atoms with E-state index in [9.17, 15) is 0 Å². The van der Waals surface area contributed by atoms with Crippen molar-refractivity contribution in [3.63, 3.8) is 0 Å². The number of aliphatic imine (C=N–C) groups is 1. The van der Waals surface area contributed by atoms with Crippen LogP contribution < -0.4 is 10.6 Å². The Balaban J connectivity index is 1.72. The molecule has 0 amide bonds. The molecule has 1 unspecified atom stereocenters. The molecule has 0 aromatic carbocycles. The van der Waals surface area contributed by atoms with Crippen molar-refractivity contribution in [1.29, 1.82) is 0 Å². The smallest absolute Gasteiger partial charge is 0.191 e. The lowest BCUT2D eigenvalue weighted by Gasteiger charge is -2.33. The maximum atomic E-state index is 4.82. The number of hydrogen-bond donors (Lipinski definition) is 2. The molecule has 0 aromatic rings. The summed E-state index contributed by atoms with van der Waals surface area (Å²) in [4.78, 5) is 9.98. The summed E-state index contributed by atoms with van der Waals surface area (Å²) in [6.07, 6.45) is 6.46. The Bertz CT molecular complexity index is 363. The molecule has 2 aliphatic heterocycles. The van der Waals surface area contributed by atoms with E-state index in [-0.39, 0.29) is 0 Å². The van der Waals surface area contributed by atoms with Gasteiger partial charge in [0.25, 0.3) is 0 Å². The molecule has 0 aromatic heterocycles. The number of nitrogens with zero attached hydrogens (tertiary/aromatic N) is 3. The molecule has 5 nitrogen and oxygen atoms in total. The zero-order valence-corrected chi connectivity index (χ0v) is 16.2. The van der Waals surface area contributed by atoms with Crippen molar-refractivity contribution in [3.8, 4) is 0 Å². The fraction of sp³-hybridized carbons (Fsp3) is 0.947.